The first-order valence-electron chi connectivity index (χ1n) is 7.71. The Balaban J connectivity index is 1.72. The molecular formula is C16H25N3O3. The van der Waals surface area contributed by atoms with Crippen LogP contribution in [0, 0.1) is 0 Å². The molecule has 6 nitrogen and oxygen atoms in total. The third-order valence-electron chi connectivity index (χ3n) is 3.51. The van der Waals surface area contributed by atoms with E-state index in [1.807, 2.05) is 24.3 Å². The Morgan fingerprint density at radius 1 is 1.36 bits per heavy atom. The number of morpholine rings is 1. The minimum Gasteiger partial charge on any atom is -0.492 e. The summed E-state index contributed by atoms with van der Waals surface area (Å²) in [4.78, 5) is 13.8. The van der Waals surface area contributed by atoms with E-state index >= 15 is 0 Å². The number of hydrogen-bond acceptors (Lipinski definition) is 5. The Labute approximate surface area is 131 Å². The molecule has 0 bridgehead atoms. The van der Waals surface area contributed by atoms with Crippen LogP contribution in [0.5, 0.6) is 5.75 Å². The highest BCUT2D eigenvalue weighted by molar-refractivity contribution is 5.77. The van der Waals surface area contributed by atoms with Crippen molar-refractivity contribution >= 4 is 5.91 Å². The Kier molecular flexibility index (Phi) is 7.15. The molecule has 1 aliphatic rings. The first-order chi connectivity index (χ1) is 10.8. The normalized spacial score (nSPS) is 15.5. The van der Waals surface area contributed by atoms with Crippen LogP contribution in [0.4, 0.5) is 0 Å². The van der Waals surface area contributed by atoms with Gasteiger partial charge in [0.2, 0.25) is 5.91 Å². The van der Waals surface area contributed by atoms with Crippen LogP contribution in [0.3, 0.4) is 0 Å². The molecule has 22 heavy (non-hydrogen) atoms. The van der Waals surface area contributed by atoms with Crippen molar-refractivity contribution in [2.45, 2.75) is 6.54 Å². The standard InChI is InChI=1S/C16H25N3O3/c1-17-13-16(20)18-12-14-3-2-4-15(11-14)22-10-7-19-5-8-21-9-6-19/h2-4,11,17H,5-10,12-13H2,1H3,(H,18,20). The number of benzene rings is 1. The zero-order chi connectivity index (χ0) is 15.6. The lowest BCUT2D eigenvalue weighted by molar-refractivity contribution is -0.120. The molecule has 1 aromatic rings. The Morgan fingerprint density at radius 2 is 2.18 bits per heavy atom. The van der Waals surface area contributed by atoms with Gasteiger partial charge in [-0.3, -0.25) is 9.69 Å². The van der Waals surface area contributed by atoms with E-state index in [2.05, 4.69) is 15.5 Å². The maximum Gasteiger partial charge on any atom is 0.234 e. The van der Waals surface area contributed by atoms with Gasteiger partial charge >= 0.3 is 0 Å². The van der Waals surface area contributed by atoms with E-state index < -0.39 is 0 Å². The maximum atomic E-state index is 11.4. The molecule has 1 saturated heterocycles. The highest BCUT2D eigenvalue weighted by atomic mass is 16.5. The number of nitrogens with one attached hydrogen (secondary N) is 2. The molecule has 2 rings (SSSR count). The van der Waals surface area contributed by atoms with E-state index in [1.54, 1.807) is 7.05 Å². The summed E-state index contributed by atoms with van der Waals surface area (Å²) < 4.78 is 11.1. The fraction of sp³-hybridized carbons (Fsp3) is 0.562. The summed E-state index contributed by atoms with van der Waals surface area (Å²) in [5.74, 6) is 0.828. The van der Waals surface area contributed by atoms with Crippen LogP contribution in [0.1, 0.15) is 5.56 Å². The van der Waals surface area contributed by atoms with E-state index in [0.29, 0.717) is 19.7 Å². The van der Waals surface area contributed by atoms with Crippen LogP contribution in [0.15, 0.2) is 24.3 Å². The van der Waals surface area contributed by atoms with Crippen molar-refractivity contribution in [1.29, 1.82) is 0 Å². The summed E-state index contributed by atoms with van der Waals surface area (Å²) in [6.07, 6.45) is 0. The monoisotopic (exact) mass is 307 g/mol. The summed E-state index contributed by atoms with van der Waals surface area (Å²) in [6, 6.07) is 7.84. The number of hydrogen-bond donors (Lipinski definition) is 2. The fourth-order valence-electron chi connectivity index (χ4n) is 2.29. The van der Waals surface area contributed by atoms with E-state index in [0.717, 1.165) is 44.2 Å². The quantitative estimate of drug-likeness (QED) is 0.720. The van der Waals surface area contributed by atoms with Gasteiger partial charge in [-0.05, 0) is 24.7 Å². The second kappa shape index (κ2) is 9.40. The topological polar surface area (TPSA) is 62.8 Å². The summed E-state index contributed by atoms with van der Waals surface area (Å²) in [7, 11) is 1.75. The fourth-order valence-corrected chi connectivity index (χ4v) is 2.29. The van der Waals surface area contributed by atoms with Crippen molar-refractivity contribution in [1.82, 2.24) is 15.5 Å². The van der Waals surface area contributed by atoms with Gasteiger partial charge < -0.3 is 20.1 Å². The molecular weight excluding hydrogens is 282 g/mol. The summed E-state index contributed by atoms with van der Waals surface area (Å²) in [6.45, 7) is 5.98. The molecule has 0 spiro atoms. The van der Waals surface area contributed by atoms with Crippen molar-refractivity contribution in [3.8, 4) is 5.75 Å². The highest BCUT2D eigenvalue weighted by Gasteiger charge is 2.09. The molecule has 1 aromatic carbocycles. The number of rotatable bonds is 8. The van der Waals surface area contributed by atoms with E-state index in [1.165, 1.54) is 0 Å². The second-order valence-electron chi connectivity index (χ2n) is 5.26. The molecule has 122 valence electrons. The molecule has 2 N–H and O–H groups in total. The lowest BCUT2D eigenvalue weighted by atomic mass is 10.2. The number of carbonyl (C=O) groups excluding carboxylic acids is 1. The number of carbonyl (C=O) groups is 1. The van der Waals surface area contributed by atoms with Gasteiger partial charge in [0.15, 0.2) is 0 Å². The van der Waals surface area contributed by atoms with Crippen molar-refractivity contribution in [2.24, 2.45) is 0 Å². The average molecular weight is 307 g/mol. The van der Waals surface area contributed by atoms with Crippen LogP contribution >= 0.6 is 0 Å². The maximum absolute atomic E-state index is 11.4. The zero-order valence-electron chi connectivity index (χ0n) is 13.1. The molecule has 0 unspecified atom stereocenters. The van der Waals surface area contributed by atoms with E-state index in [-0.39, 0.29) is 5.91 Å². The molecule has 6 heteroatoms. The number of likely N-dealkylation sites (N-methyl/N-ethyl adjacent to an activating group) is 1. The molecule has 1 fully saturated rings. The van der Waals surface area contributed by atoms with Gasteiger partial charge in [0.1, 0.15) is 12.4 Å². The van der Waals surface area contributed by atoms with Gasteiger partial charge in [-0.2, -0.15) is 0 Å². The Morgan fingerprint density at radius 3 is 2.95 bits per heavy atom. The number of nitrogens with zero attached hydrogens (tertiary/aromatic N) is 1. The molecule has 1 heterocycles. The van der Waals surface area contributed by atoms with Crippen LogP contribution < -0.4 is 15.4 Å². The third-order valence-corrected chi connectivity index (χ3v) is 3.51. The van der Waals surface area contributed by atoms with E-state index in [9.17, 15) is 4.79 Å². The first kappa shape index (κ1) is 16.7. The van der Waals surface area contributed by atoms with Gasteiger partial charge in [0, 0.05) is 26.2 Å². The molecule has 0 saturated carbocycles. The Bertz CT molecular complexity index is 462. The van der Waals surface area contributed by atoms with Crippen molar-refractivity contribution in [2.75, 3.05) is 53.0 Å². The highest BCUT2D eigenvalue weighted by Crippen LogP contribution is 2.13. The van der Waals surface area contributed by atoms with Crippen LogP contribution in [-0.4, -0.2) is 63.9 Å². The molecule has 1 aliphatic heterocycles. The lowest BCUT2D eigenvalue weighted by Crippen LogP contribution is -2.38. The van der Waals surface area contributed by atoms with Crippen LogP contribution in [0.25, 0.3) is 0 Å². The second-order valence-corrected chi connectivity index (χ2v) is 5.26. The minimum absolute atomic E-state index is 0.0128. The summed E-state index contributed by atoms with van der Waals surface area (Å²) >= 11 is 0. The van der Waals surface area contributed by atoms with Gasteiger partial charge in [-0.25, -0.2) is 0 Å². The molecule has 0 atom stereocenters. The minimum atomic E-state index is -0.0128. The van der Waals surface area contributed by atoms with Crippen molar-refractivity contribution in [3.63, 3.8) is 0 Å². The predicted molar refractivity (Wildman–Crippen MR) is 85.0 cm³/mol. The predicted octanol–water partition coefficient (Wildman–Crippen LogP) is 0.233. The first-order valence-corrected chi connectivity index (χ1v) is 7.71. The smallest absolute Gasteiger partial charge is 0.234 e. The van der Waals surface area contributed by atoms with Crippen molar-refractivity contribution in [3.05, 3.63) is 29.8 Å². The number of amides is 1. The Hall–Kier alpha value is -1.63. The SMILES string of the molecule is CNCC(=O)NCc1cccc(OCCN2CCOCC2)c1. The molecule has 1 amide bonds. The van der Waals surface area contributed by atoms with Crippen LogP contribution in [-0.2, 0) is 16.1 Å². The van der Waals surface area contributed by atoms with Crippen molar-refractivity contribution < 1.29 is 14.3 Å². The van der Waals surface area contributed by atoms with Gasteiger partial charge in [-0.1, -0.05) is 12.1 Å². The molecule has 0 aromatic heterocycles. The summed E-state index contributed by atoms with van der Waals surface area (Å²) in [5.41, 5.74) is 1.04. The number of ether oxygens (including phenoxy) is 2. The molecule has 0 radical (unpaired) electrons. The largest absolute Gasteiger partial charge is 0.492 e. The lowest BCUT2D eigenvalue weighted by Gasteiger charge is -2.26. The van der Waals surface area contributed by atoms with E-state index in [4.69, 9.17) is 9.47 Å². The molecule has 0 aliphatic carbocycles. The zero-order valence-corrected chi connectivity index (χ0v) is 13.1. The van der Waals surface area contributed by atoms with Crippen LogP contribution in [0.2, 0.25) is 0 Å². The van der Waals surface area contributed by atoms with Gasteiger partial charge in [0.05, 0.1) is 19.8 Å². The van der Waals surface area contributed by atoms with Gasteiger partial charge in [0.25, 0.3) is 0 Å². The van der Waals surface area contributed by atoms with Gasteiger partial charge in [-0.15, -0.1) is 0 Å². The summed E-state index contributed by atoms with van der Waals surface area (Å²) in [5, 5.41) is 5.68. The third kappa shape index (κ3) is 6.01. The average Bonchev–Trinajstić information content (AvgIpc) is 2.55.